The highest BCUT2D eigenvalue weighted by Crippen LogP contribution is 2.29. The Morgan fingerprint density at radius 3 is 2.64 bits per heavy atom. The van der Waals surface area contributed by atoms with Crippen LogP contribution in [0.5, 0.6) is 0 Å². The van der Waals surface area contributed by atoms with Crippen molar-refractivity contribution >= 4 is 40.9 Å². The second-order valence-electron chi connectivity index (χ2n) is 4.89. The maximum Gasteiger partial charge on any atom is 0.410 e. The van der Waals surface area contributed by atoms with Gasteiger partial charge in [0, 0.05) is 0 Å². The molecule has 2 rings (SSSR count). The molecule has 2 atom stereocenters. The molecule has 0 saturated carbocycles. The molecule has 1 saturated heterocycles. The number of amides is 1. The van der Waals surface area contributed by atoms with E-state index in [0.29, 0.717) is 0 Å². The number of carbonyl (C=O) groups is 1. The van der Waals surface area contributed by atoms with Crippen molar-refractivity contribution < 1.29 is 19.4 Å². The third kappa shape index (κ3) is 4.89. The zero-order valence-electron chi connectivity index (χ0n) is 11.6. The van der Waals surface area contributed by atoms with Gasteiger partial charge in [0.15, 0.2) is 0 Å². The predicted octanol–water partition coefficient (Wildman–Crippen LogP) is 2.93. The summed E-state index contributed by atoms with van der Waals surface area (Å²) in [5.41, 5.74) is 0.907. The SMILES string of the molecule is O=C(OCC(Cl)(Cl)Cl)N1C[C@@H](CO)OC[C@H]1c1ccccc1. The van der Waals surface area contributed by atoms with Gasteiger partial charge in [0.05, 0.1) is 31.9 Å². The molecule has 0 spiro atoms. The molecule has 1 aliphatic rings. The van der Waals surface area contributed by atoms with E-state index in [-0.39, 0.29) is 32.4 Å². The fourth-order valence-electron chi connectivity index (χ4n) is 2.21. The fourth-order valence-corrected chi connectivity index (χ4v) is 2.37. The lowest BCUT2D eigenvalue weighted by atomic mass is 10.0. The van der Waals surface area contributed by atoms with E-state index in [0.717, 1.165) is 5.56 Å². The zero-order valence-corrected chi connectivity index (χ0v) is 13.9. The fraction of sp³-hybridized carbons (Fsp3) is 0.500. The monoisotopic (exact) mass is 367 g/mol. The first-order valence-electron chi connectivity index (χ1n) is 6.68. The molecule has 0 radical (unpaired) electrons. The van der Waals surface area contributed by atoms with E-state index < -0.39 is 16.0 Å². The highest BCUT2D eigenvalue weighted by atomic mass is 35.6. The van der Waals surface area contributed by atoms with Gasteiger partial charge in [-0.15, -0.1) is 0 Å². The number of aliphatic hydroxyl groups excluding tert-OH is 1. The first kappa shape index (κ1) is 17.6. The van der Waals surface area contributed by atoms with Gasteiger partial charge in [-0.2, -0.15) is 0 Å². The number of morpholine rings is 1. The van der Waals surface area contributed by atoms with Gasteiger partial charge in [-0.1, -0.05) is 65.1 Å². The summed E-state index contributed by atoms with van der Waals surface area (Å²) < 4.78 is 8.92. The highest BCUT2D eigenvalue weighted by Gasteiger charge is 2.35. The third-order valence-electron chi connectivity index (χ3n) is 3.25. The van der Waals surface area contributed by atoms with Gasteiger partial charge in [0.1, 0.15) is 6.61 Å². The van der Waals surface area contributed by atoms with Crippen LogP contribution in [0.3, 0.4) is 0 Å². The molecule has 22 heavy (non-hydrogen) atoms. The van der Waals surface area contributed by atoms with Crippen LogP contribution in [0.15, 0.2) is 30.3 Å². The molecule has 1 N–H and O–H groups in total. The lowest BCUT2D eigenvalue weighted by Gasteiger charge is -2.38. The van der Waals surface area contributed by atoms with Crippen LogP contribution in [0, 0.1) is 0 Å². The number of hydrogen-bond donors (Lipinski definition) is 1. The summed E-state index contributed by atoms with van der Waals surface area (Å²) in [6.45, 7) is -0.0677. The first-order valence-corrected chi connectivity index (χ1v) is 7.81. The number of alkyl halides is 3. The first-order chi connectivity index (χ1) is 10.4. The van der Waals surface area contributed by atoms with Gasteiger partial charge in [-0.05, 0) is 5.56 Å². The molecule has 8 heteroatoms. The van der Waals surface area contributed by atoms with E-state index in [1.807, 2.05) is 30.3 Å². The Labute approximate surface area is 143 Å². The molecule has 1 amide bonds. The van der Waals surface area contributed by atoms with Gasteiger partial charge in [0.25, 0.3) is 0 Å². The van der Waals surface area contributed by atoms with Crippen LogP contribution in [0.1, 0.15) is 11.6 Å². The smallest absolute Gasteiger partial charge is 0.410 e. The van der Waals surface area contributed by atoms with E-state index in [9.17, 15) is 9.90 Å². The van der Waals surface area contributed by atoms with Crippen LogP contribution in [-0.2, 0) is 9.47 Å². The number of carbonyl (C=O) groups excluding carboxylic acids is 1. The predicted molar refractivity (Wildman–Crippen MR) is 84.4 cm³/mol. The van der Waals surface area contributed by atoms with Gasteiger partial charge in [-0.3, -0.25) is 4.90 Å². The van der Waals surface area contributed by atoms with E-state index >= 15 is 0 Å². The van der Waals surface area contributed by atoms with Crippen molar-refractivity contribution in [1.82, 2.24) is 4.90 Å². The van der Waals surface area contributed by atoms with Crippen LogP contribution in [0.4, 0.5) is 4.79 Å². The van der Waals surface area contributed by atoms with Crippen LogP contribution in [0.25, 0.3) is 0 Å². The Morgan fingerprint density at radius 1 is 1.36 bits per heavy atom. The van der Waals surface area contributed by atoms with Gasteiger partial charge in [-0.25, -0.2) is 4.79 Å². The average Bonchev–Trinajstić information content (AvgIpc) is 2.52. The van der Waals surface area contributed by atoms with Gasteiger partial charge >= 0.3 is 6.09 Å². The Morgan fingerprint density at radius 2 is 2.05 bits per heavy atom. The Balaban J connectivity index is 2.12. The summed E-state index contributed by atoms with van der Waals surface area (Å²) in [4.78, 5) is 13.8. The molecule has 1 heterocycles. The van der Waals surface area contributed by atoms with Crippen molar-refractivity contribution in [2.75, 3.05) is 26.4 Å². The van der Waals surface area contributed by atoms with Crippen LogP contribution >= 0.6 is 34.8 Å². The minimum atomic E-state index is -1.67. The van der Waals surface area contributed by atoms with Crippen molar-refractivity contribution in [3.63, 3.8) is 0 Å². The second kappa shape index (κ2) is 7.70. The minimum absolute atomic E-state index is 0.185. The largest absolute Gasteiger partial charge is 0.445 e. The average molecular weight is 369 g/mol. The molecule has 1 fully saturated rings. The summed E-state index contributed by atoms with van der Waals surface area (Å²) in [5, 5.41) is 9.24. The third-order valence-corrected chi connectivity index (χ3v) is 3.58. The maximum absolute atomic E-state index is 12.3. The Hall–Kier alpha value is -0.720. The molecule has 0 aromatic heterocycles. The van der Waals surface area contributed by atoms with Crippen molar-refractivity contribution in [3.8, 4) is 0 Å². The number of benzene rings is 1. The normalized spacial score (nSPS) is 22.5. The second-order valence-corrected chi connectivity index (χ2v) is 7.40. The van der Waals surface area contributed by atoms with Crippen LogP contribution in [0.2, 0.25) is 0 Å². The van der Waals surface area contributed by atoms with Crippen molar-refractivity contribution in [2.24, 2.45) is 0 Å². The molecular weight excluding hydrogens is 353 g/mol. The van der Waals surface area contributed by atoms with Gasteiger partial charge in [0.2, 0.25) is 3.79 Å². The number of nitrogens with zero attached hydrogens (tertiary/aromatic N) is 1. The van der Waals surface area contributed by atoms with E-state index in [4.69, 9.17) is 44.3 Å². The van der Waals surface area contributed by atoms with Crippen LogP contribution in [-0.4, -0.2) is 52.4 Å². The number of aliphatic hydroxyl groups is 1. The van der Waals surface area contributed by atoms with Crippen LogP contribution < -0.4 is 0 Å². The van der Waals surface area contributed by atoms with Crippen molar-refractivity contribution in [2.45, 2.75) is 15.9 Å². The highest BCUT2D eigenvalue weighted by molar-refractivity contribution is 6.67. The molecule has 1 aromatic carbocycles. The topological polar surface area (TPSA) is 59.0 Å². The molecule has 0 bridgehead atoms. The molecule has 0 unspecified atom stereocenters. The van der Waals surface area contributed by atoms with E-state index in [1.165, 1.54) is 4.90 Å². The quantitative estimate of drug-likeness (QED) is 0.834. The molecular formula is C14H16Cl3NO4. The lowest BCUT2D eigenvalue weighted by Crippen LogP contribution is -2.49. The molecule has 5 nitrogen and oxygen atoms in total. The number of ether oxygens (including phenoxy) is 2. The Kier molecular flexibility index (Phi) is 6.17. The Bertz CT molecular complexity index is 495. The summed E-state index contributed by atoms with van der Waals surface area (Å²) >= 11 is 16.8. The standard InChI is InChI=1S/C14H16Cl3NO4/c15-14(16,17)9-22-13(20)18-6-11(7-19)21-8-12(18)10-4-2-1-3-5-10/h1-5,11-12,19H,6-9H2/t11-,12-/m0/s1. The number of hydrogen-bond acceptors (Lipinski definition) is 4. The number of rotatable bonds is 3. The van der Waals surface area contributed by atoms with Crippen molar-refractivity contribution in [1.29, 1.82) is 0 Å². The molecule has 1 aromatic rings. The summed E-state index contributed by atoms with van der Waals surface area (Å²) in [6.07, 6.45) is -1.07. The molecule has 122 valence electrons. The minimum Gasteiger partial charge on any atom is -0.445 e. The van der Waals surface area contributed by atoms with E-state index in [2.05, 4.69) is 0 Å². The zero-order chi connectivity index (χ0) is 16.2. The lowest BCUT2D eigenvalue weighted by molar-refractivity contribution is -0.0775. The molecule has 0 aliphatic carbocycles. The molecule has 1 aliphatic heterocycles. The summed E-state index contributed by atoms with van der Waals surface area (Å²) in [5.74, 6) is 0. The van der Waals surface area contributed by atoms with E-state index in [1.54, 1.807) is 0 Å². The summed E-state index contributed by atoms with van der Waals surface area (Å²) in [7, 11) is 0. The van der Waals surface area contributed by atoms with Gasteiger partial charge < -0.3 is 14.6 Å². The summed E-state index contributed by atoms with van der Waals surface area (Å²) in [6, 6.07) is 9.10. The van der Waals surface area contributed by atoms with Crippen molar-refractivity contribution in [3.05, 3.63) is 35.9 Å². The maximum atomic E-state index is 12.3. The number of halogens is 3.